The van der Waals surface area contributed by atoms with Crippen LogP contribution in [0.15, 0.2) is 22.7 Å². The van der Waals surface area contributed by atoms with Gasteiger partial charge in [0.15, 0.2) is 28.7 Å². The zero-order chi connectivity index (χ0) is 18.8. The van der Waals surface area contributed by atoms with Crippen LogP contribution in [0.1, 0.15) is 10.4 Å². The fraction of sp³-hybridized carbons (Fsp3) is 0.412. The monoisotopic (exact) mass is 366 g/mol. The van der Waals surface area contributed by atoms with Crippen molar-refractivity contribution in [2.75, 3.05) is 38.3 Å². The normalized spacial score (nSPS) is 19.8. The molecule has 1 aliphatic heterocycles. The van der Waals surface area contributed by atoms with Gasteiger partial charge < -0.3 is 29.5 Å². The Kier molecular flexibility index (Phi) is 5.10. The van der Waals surface area contributed by atoms with Crippen LogP contribution >= 0.6 is 0 Å². The summed E-state index contributed by atoms with van der Waals surface area (Å²) in [4.78, 5) is 13.5. The van der Waals surface area contributed by atoms with Crippen LogP contribution in [0, 0.1) is 17.7 Å². The Morgan fingerprint density at radius 3 is 2.54 bits per heavy atom. The molecule has 26 heavy (non-hydrogen) atoms. The summed E-state index contributed by atoms with van der Waals surface area (Å²) in [6, 6.07) is 3.87. The quantitative estimate of drug-likeness (QED) is 0.699. The van der Waals surface area contributed by atoms with Gasteiger partial charge in [0.1, 0.15) is 0 Å². The number of anilines is 1. The Morgan fingerprint density at radius 2 is 2.00 bits per heavy atom. The first kappa shape index (κ1) is 18.2. The van der Waals surface area contributed by atoms with Crippen molar-refractivity contribution in [2.24, 2.45) is 11.8 Å². The van der Waals surface area contributed by atoms with E-state index < -0.39 is 11.8 Å². The van der Waals surface area contributed by atoms with Crippen molar-refractivity contribution < 1.29 is 33.8 Å². The van der Waals surface area contributed by atoms with Gasteiger partial charge in [-0.05, 0) is 18.2 Å². The van der Waals surface area contributed by atoms with Gasteiger partial charge in [0.25, 0.3) is 0 Å². The van der Waals surface area contributed by atoms with Crippen LogP contribution in [0.3, 0.4) is 0 Å². The number of benzene rings is 1. The number of aromatic carboxylic acids is 1. The van der Waals surface area contributed by atoms with Crippen LogP contribution in [0.4, 0.5) is 10.2 Å². The van der Waals surface area contributed by atoms with Crippen molar-refractivity contribution in [2.45, 2.75) is 0 Å². The fourth-order valence-electron chi connectivity index (χ4n) is 3.21. The van der Waals surface area contributed by atoms with Gasteiger partial charge in [0, 0.05) is 43.7 Å². The lowest BCUT2D eigenvalue weighted by Crippen LogP contribution is -2.23. The maximum Gasteiger partial charge on any atom is 0.343 e. The predicted octanol–water partition coefficient (Wildman–Crippen LogP) is 1.22. The molecule has 3 rings (SSSR count). The first-order valence-corrected chi connectivity index (χ1v) is 8.03. The van der Waals surface area contributed by atoms with E-state index in [4.69, 9.17) is 9.26 Å². The Bertz CT molecular complexity index is 797. The third-order valence-electron chi connectivity index (χ3n) is 4.65. The highest BCUT2D eigenvalue weighted by Crippen LogP contribution is 2.36. The van der Waals surface area contributed by atoms with Crippen molar-refractivity contribution in [1.82, 2.24) is 5.16 Å². The molecule has 1 aliphatic rings. The van der Waals surface area contributed by atoms with E-state index in [-0.39, 0.29) is 47.9 Å². The first-order chi connectivity index (χ1) is 12.5. The molecule has 0 spiro atoms. The SMILES string of the molecule is COc1cc(-c2onc(N3C[C@@H](CO)[C@H](CO)C3)c2C(=O)O)ccc1F. The summed E-state index contributed by atoms with van der Waals surface area (Å²) in [5, 5.41) is 32.4. The molecule has 140 valence electrons. The number of halogens is 1. The topological polar surface area (TPSA) is 116 Å². The minimum Gasteiger partial charge on any atom is -0.494 e. The van der Waals surface area contributed by atoms with E-state index in [1.165, 1.54) is 19.2 Å². The number of rotatable bonds is 6. The lowest BCUT2D eigenvalue weighted by molar-refractivity contribution is 0.0698. The average Bonchev–Trinajstić information content (AvgIpc) is 3.25. The second-order valence-corrected chi connectivity index (χ2v) is 6.16. The highest BCUT2D eigenvalue weighted by atomic mass is 19.1. The van der Waals surface area contributed by atoms with Crippen molar-refractivity contribution >= 4 is 11.8 Å². The van der Waals surface area contributed by atoms with Crippen LogP contribution in [0.25, 0.3) is 11.3 Å². The van der Waals surface area contributed by atoms with Crippen LogP contribution in [-0.4, -0.2) is 59.9 Å². The molecule has 1 aromatic carbocycles. The molecule has 1 aromatic heterocycles. The number of aliphatic hydroxyl groups is 2. The molecule has 1 saturated heterocycles. The maximum absolute atomic E-state index is 13.6. The number of aliphatic hydroxyl groups excluding tert-OH is 2. The van der Waals surface area contributed by atoms with E-state index in [0.717, 1.165) is 6.07 Å². The van der Waals surface area contributed by atoms with Gasteiger partial charge in [-0.3, -0.25) is 0 Å². The molecular formula is C17H19FN2O6. The second-order valence-electron chi connectivity index (χ2n) is 6.16. The molecule has 9 heteroatoms. The molecule has 0 unspecified atom stereocenters. The molecule has 0 radical (unpaired) electrons. The fourth-order valence-corrected chi connectivity index (χ4v) is 3.21. The van der Waals surface area contributed by atoms with Gasteiger partial charge in [0.2, 0.25) is 0 Å². The Morgan fingerprint density at radius 1 is 1.35 bits per heavy atom. The van der Waals surface area contributed by atoms with E-state index >= 15 is 0 Å². The largest absolute Gasteiger partial charge is 0.494 e. The molecule has 2 heterocycles. The van der Waals surface area contributed by atoms with Crippen molar-refractivity contribution in [3.8, 4) is 17.1 Å². The molecular weight excluding hydrogens is 347 g/mol. The minimum absolute atomic E-state index is 0.0150. The van der Waals surface area contributed by atoms with Gasteiger partial charge in [-0.15, -0.1) is 0 Å². The van der Waals surface area contributed by atoms with Gasteiger partial charge in [-0.2, -0.15) is 0 Å². The Hall–Kier alpha value is -2.65. The number of hydrogen-bond acceptors (Lipinski definition) is 7. The number of carboxylic acid groups (broad SMARTS) is 1. The molecule has 8 nitrogen and oxygen atoms in total. The number of methoxy groups -OCH3 is 1. The first-order valence-electron chi connectivity index (χ1n) is 8.03. The number of hydrogen-bond donors (Lipinski definition) is 3. The summed E-state index contributed by atoms with van der Waals surface area (Å²) in [6.45, 7) is 0.454. The van der Waals surface area contributed by atoms with Crippen LogP contribution in [0.2, 0.25) is 0 Å². The van der Waals surface area contributed by atoms with Gasteiger partial charge in [-0.1, -0.05) is 5.16 Å². The number of carboxylic acids is 1. The van der Waals surface area contributed by atoms with E-state index in [9.17, 15) is 24.5 Å². The summed E-state index contributed by atoms with van der Waals surface area (Å²) in [5.41, 5.74) is 0.157. The van der Waals surface area contributed by atoms with Crippen molar-refractivity contribution in [3.05, 3.63) is 29.6 Å². The van der Waals surface area contributed by atoms with Crippen LogP contribution in [-0.2, 0) is 0 Å². The lowest BCUT2D eigenvalue weighted by Gasteiger charge is -2.15. The summed E-state index contributed by atoms with van der Waals surface area (Å²) >= 11 is 0. The van der Waals surface area contributed by atoms with E-state index in [0.29, 0.717) is 18.7 Å². The molecule has 2 aromatic rings. The minimum atomic E-state index is -1.24. The van der Waals surface area contributed by atoms with Crippen molar-refractivity contribution in [1.29, 1.82) is 0 Å². The molecule has 0 bridgehead atoms. The summed E-state index contributed by atoms with van der Waals surface area (Å²) < 4.78 is 23.8. The van der Waals surface area contributed by atoms with Gasteiger partial charge >= 0.3 is 5.97 Å². The molecule has 2 atom stereocenters. The highest BCUT2D eigenvalue weighted by molar-refractivity contribution is 5.99. The Labute approximate surface area is 148 Å². The summed E-state index contributed by atoms with van der Waals surface area (Å²) in [6.07, 6.45) is 0. The lowest BCUT2D eigenvalue weighted by atomic mass is 9.98. The zero-order valence-electron chi connectivity index (χ0n) is 14.1. The van der Waals surface area contributed by atoms with Gasteiger partial charge in [-0.25, -0.2) is 9.18 Å². The molecule has 3 N–H and O–H groups in total. The predicted molar refractivity (Wildman–Crippen MR) is 88.8 cm³/mol. The third-order valence-corrected chi connectivity index (χ3v) is 4.65. The zero-order valence-corrected chi connectivity index (χ0v) is 14.1. The average molecular weight is 366 g/mol. The van der Waals surface area contributed by atoms with Crippen molar-refractivity contribution in [3.63, 3.8) is 0 Å². The molecule has 0 aliphatic carbocycles. The van der Waals surface area contributed by atoms with Gasteiger partial charge in [0.05, 0.1) is 7.11 Å². The van der Waals surface area contributed by atoms with Crippen LogP contribution < -0.4 is 9.64 Å². The van der Waals surface area contributed by atoms with Crippen LogP contribution in [0.5, 0.6) is 5.75 Å². The highest BCUT2D eigenvalue weighted by Gasteiger charge is 2.37. The standard InChI is InChI=1S/C17H19FN2O6/c1-25-13-4-9(2-3-12(13)18)15-14(17(23)24)16(19-26-15)20-5-10(7-21)11(6-20)8-22/h2-4,10-11,21-22H,5-8H2,1H3,(H,23,24)/t10-,11-/m0/s1. The maximum atomic E-state index is 13.6. The Balaban J connectivity index is 2.01. The smallest absolute Gasteiger partial charge is 0.343 e. The number of carbonyl (C=O) groups is 1. The third kappa shape index (κ3) is 3.11. The van der Waals surface area contributed by atoms with E-state index in [1.807, 2.05) is 0 Å². The summed E-state index contributed by atoms with van der Waals surface area (Å²) in [7, 11) is 1.31. The molecule has 1 fully saturated rings. The second kappa shape index (κ2) is 7.30. The van der Waals surface area contributed by atoms with E-state index in [2.05, 4.69) is 5.16 Å². The molecule has 0 saturated carbocycles. The number of nitrogens with zero attached hydrogens (tertiary/aromatic N) is 2. The number of ether oxygens (including phenoxy) is 1. The summed E-state index contributed by atoms with van der Waals surface area (Å²) in [5.74, 6) is -2.14. The number of aromatic nitrogens is 1. The van der Waals surface area contributed by atoms with E-state index in [1.54, 1.807) is 4.90 Å². The molecule has 0 amide bonds.